The molecule has 2 atom stereocenters. The van der Waals surface area contributed by atoms with Gasteiger partial charge in [-0.15, -0.1) is 0 Å². The molecule has 0 spiro atoms. The first kappa shape index (κ1) is 28.0. The Morgan fingerprint density at radius 2 is 1.83 bits per heavy atom. The number of aryl methyl sites for hydroxylation is 2. The molecule has 13 heteroatoms. The summed E-state index contributed by atoms with van der Waals surface area (Å²) in [7, 11) is 0. The molecule has 0 radical (unpaired) electrons. The van der Waals surface area contributed by atoms with Gasteiger partial charge < -0.3 is 25.9 Å². The molecule has 1 aliphatic heterocycles. The second-order valence-corrected chi connectivity index (χ2v) is 9.96. The number of benzene rings is 2. The first-order valence-corrected chi connectivity index (χ1v) is 12.2. The first-order valence-electron chi connectivity index (χ1n) is 12.2. The van der Waals surface area contributed by atoms with E-state index in [2.05, 4.69) is 15.3 Å². The number of alkyl halides is 4. The van der Waals surface area contributed by atoms with E-state index >= 15 is 4.39 Å². The number of hydrogen-bond acceptors (Lipinski definition) is 5. The molecule has 5 rings (SSSR count). The molecule has 0 unspecified atom stereocenters. The Morgan fingerprint density at radius 1 is 1.15 bits per heavy atom. The number of H-pyrrole nitrogens is 1. The largest absolute Gasteiger partial charge is 0.487 e. The van der Waals surface area contributed by atoms with Gasteiger partial charge in [0.2, 0.25) is 5.60 Å². The van der Waals surface area contributed by atoms with Gasteiger partial charge >= 0.3 is 6.18 Å². The summed E-state index contributed by atoms with van der Waals surface area (Å²) in [6.45, 7) is 1.29. The number of aliphatic hydroxyl groups is 1. The lowest BCUT2D eigenvalue weighted by molar-refractivity contribution is -0.265. The molecule has 0 bridgehead atoms. The molecule has 2 amide bonds. The maximum absolute atomic E-state index is 15.6. The summed E-state index contributed by atoms with van der Waals surface area (Å²) in [5.41, 5.74) is -1.63. The van der Waals surface area contributed by atoms with Crippen molar-refractivity contribution in [2.75, 3.05) is 13.2 Å². The maximum atomic E-state index is 15.6. The Bertz CT molecular complexity index is 1700. The second-order valence-electron chi connectivity index (χ2n) is 9.96. The van der Waals surface area contributed by atoms with E-state index in [9.17, 15) is 32.3 Å². The van der Waals surface area contributed by atoms with Crippen molar-refractivity contribution in [3.63, 3.8) is 0 Å². The maximum Gasteiger partial charge on any atom is 0.424 e. The Morgan fingerprint density at radius 3 is 2.46 bits per heavy atom. The van der Waals surface area contributed by atoms with Crippen LogP contribution in [0.4, 0.5) is 22.0 Å². The van der Waals surface area contributed by atoms with Crippen molar-refractivity contribution in [3.8, 4) is 17.0 Å². The van der Waals surface area contributed by atoms with Gasteiger partial charge in [-0.3, -0.25) is 9.59 Å². The van der Waals surface area contributed by atoms with Crippen LogP contribution in [0.1, 0.15) is 32.9 Å². The lowest BCUT2D eigenvalue weighted by atomic mass is 9.90. The normalized spacial score (nSPS) is 18.0. The Kier molecular flexibility index (Phi) is 6.52. The van der Waals surface area contributed by atoms with Crippen molar-refractivity contribution >= 4 is 22.7 Å². The standard InChI is InChI=1S/C28H23F5N4O4/c1-13-7-14(2)17-9-20(36-19(17)8-13)24(38)35-11-27(40,28(31,32)33)21-10-18-23(41-12-26(18,30)25(34)39)22(37-21)15-3-5-16(29)6-4-15/h3-10,36,40H,11-12H2,1-2H3,(H2,34,39)(H,35,38)/t26-,27+/m1/s1. The van der Waals surface area contributed by atoms with Gasteiger partial charge in [0, 0.05) is 22.0 Å². The minimum absolute atomic E-state index is 0.00974. The van der Waals surface area contributed by atoms with E-state index < -0.39 is 65.2 Å². The lowest BCUT2D eigenvalue weighted by Gasteiger charge is -2.31. The minimum Gasteiger partial charge on any atom is -0.487 e. The number of nitrogens with one attached hydrogen (secondary N) is 2. The fourth-order valence-electron chi connectivity index (χ4n) is 4.80. The summed E-state index contributed by atoms with van der Waals surface area (Å²) in [5.74, 6) is -3.55. The van der Waals surface area contributed by atoms with E-state index in [1.807, 2.05) is 19.9 Å². The highest BCUT2D eigenvalue weighted by atomic mass is 19.4. The van der Waals surface area contributed by atoms with Crippen LogP contribution in [0.15, 0.2) is 48.5 Å². The molecule has 0 aliphatic carbocycles. The number of aromatic amines is 1. The van der Waals surface area contributed by atoms with E-state index in [0.29, 0.717) is 17.0 Å². The van der Waals surface area contributed by atoms with Gasteiger partial charge in [0.05, 0.1) is 12.2 Å². The predicted molar refractivity (Wildman–Crippen MR) is 137 cm³/mol. The molecule has 0 fully saturated rings. The number of aromatic nitrogens is 2. The van der Waals surface area contributed by atoms with Crippen molar-refractivity contribution in [1.82, 2.24) is 15.3 Å². The quantitative estimate of drug-likeness (QED) is 0.257. The molecular weight excluding hydrogens is 551 g/mol. The van der Waals surface area contributed by atoms with Crippen LogP contribution in [-0.2, 0) is 16.1 Å². The van der Waals surface area contributed by atoms with Gasteiger partial charge in [0.1, 0.15) is 23.8 Å². The van der Waals surface area contributed by atoms with Crippen molar-refractivity contribution in [3.05, 3.63) is 82.4 Å². The molecule has 0 saturated heterocycles. The number of carbonyl (C=O) groups excluding carboxylic acids is 2. The summed E-state index contributed by atoms with van der Waals surface area (Å²) >= 11 is 0. The number of rotatable bonds is 6. The van der Waals surface area contributed by atoms with Crippen LogP contribution in [0.25, 0.3) is 22.2 Å². The Hall–Kier alpha value is -4.52. The van der Waals surface area contributed by atoms with E-state index in [1.165, 1.54) is 6.07 Å². The Labute approximate surface area is 229 Å². The molecule has 2 aromatic carbocycles. The predicted octanol–water partition coefficient (Wildman–Crippen LogP) is 4.21. The van der Waals surface area contributed by atoms with Crippen LogP contribution >= 0.6 is 0 Å². The van der Waals surface area contributed by atoms with E-state index in [1.54, 1.807) is 6.07 Å². The molecule has 3 heterocycles. The lowest BCUT2D eigenvalue weighted by Crippen LogP contribution is -2.51. The second kappa shape index (κ2) is 9.54. The molecule has 214 valence electrons. The van der Waals surface area contributed by atoms with Crippen LogP contribution in [0, 0.1) is 19.7 Å². The number of carbonyl (C=O) groups is 2. The van der Waals surface area contributed by atoms with Crippen molar-refractivity contribution in [1.29, 1.82) is 0 Å². The molecule has 0 saturated carbocycles. The summed E-state index contributed by atoms with van der Waals surface area (Å²) in [4.78, 5) is 31.6. The van der Waals surface area contributed by atoms with Gasteiger partial charge in [0.15, 0.2) is 5.75 Å². The van der Waals surface area contributed by atoms with Crippen LogP contribution in [-0.4, -0.2) is 46.2 Å². The van der Waals surface area contributed by atoms with Crippen LogP contribution in [0.2, 0.25) is 0 Å². The molecule has 4 aromatic rings. The zero-order valence-electron chi connectivity index (χ0n) is 21.6. The molecule has 8 nitrogen and oxygen atoms in total. The van der Waals surface area contributed by atoms with E-state index in [4.69, 9.17) is 10.5 Å². The molecule has 5 N–H and O–H groups in total. The van der Waals surface area contributed by atoms with Gasteiger partial charge in [-0.05, 0) is 67.4 Å². The number of amides is 2. The number of fused-ring (bicyclic) bond motifs is 2. The summed E-state index contributed by atoms with van der Waals surface area (Å²) in [5, 5.41) is 13.8. The number of halogens is 5. The number of nitrogens with two attached hydrogens (primary N) is 1. The number of hydrogen-bond donors (Lipinski definition) is 4. The topological polar surface area (TPSA) is 130 Å². The minimum atomic E-state index is -5.44. The van der Waals surface area contributed by atoms with Crippen LogP contribution in [0.3, 0.4) is 0 Å². The fraction of sp³-hybridized carbons (Fsp3) is 0.250. The fourth-order valence-corrected chi connectivity index (χ4v) is 4.80. The number of ether oxygens (including phenoxy) is 1. The summed E-state index contributed by atoms with van der Waals surface area (Å²) in [6.07, 6.45) is -5.44. The summed E-state index contributed by atoms with van der Waals surface area (Å²) < 4.78 is 77.9. The van der Waals surface area contributed by atoms with E-state index in [-0.39, 0.29) is 17.0 Å². The highest BCUT2D eigenvalue weighted by Gasteiger charge is 2.58. The third-order valence-corrected chi connectivity index (χ3v) is 7.05. The van der Waals surface area contributed by atoms with Gasteiger partial charge in [-0.25, -0.2) is 13.8 Å². The van der Waals surface area contributed by atoms with Crippen molar-refractivity contribution in [2.45, 2.75) is 31.3 Å². The van der Waals surface area contributed by atoms with Gasteiger partial charge in [-0.2, -0.15) is 13.2 Å². The molecule has 2 aromatic heterocycles. The van der Waals surface area contributed by atoms with Gasteiger partial charge in [-0.1, -0.05) is 6.07 Å². The Balaban J connectivity index is 1.58. The SMILES string of the molecule is Cc1cc(C)c2cc(C(=O)NC[C@](O)(c3cc4c(c(-c5ccc(F)cc5)n3)OC[C@]4(F)C(N)=O)C(F)(F)F)[nH]c2c1. The molecule has 1 aliphatic rings. The number of pyridine rings is 1. The van der Waals surface area contributed by atoms with Gasteiger partial charge in [0.25, 0.3) is 17.5 Å². The highest BCUT2D eigenvalue weighted by molar-refractivity contribution is 5.99. The molecule has 41 heavy (non-hydrogen) atoms. The van der Waals surface area contributed by atoms with Crippen LogP contribution < -0.4 is 15.8 Å². The first-order chi connectivity index (χ1) is 19.1. The zero-order chi connectivity index (χ0) is 29.9. The van der Waals surface area contributed by atoms with Crippen LogP contribution in [0.5, 0.6) is 5.75 Å². The van der Waals surface area contributed by atoms with Crippen molar-refractivity contribution in [2.24, 2.45) is 5.73 Å². The number of nitrogens with zero attached hydrogens (tertiary/aromatic N) is 1. The van der Waals surface area contributed by atoms with Crippen molar-refractivity contribution < 1.29 is 41.4 Å². The average Bonchev–Trinajstić information content (AvgIpc) is 3.49. The third kappa shape index (κ3) is 4.65. The summed E-state index contributed by atoms with van der Waals surface area (Å²) in [6, 6.07) is 9.93. The number of primary amides is 1. The highest BCUT2D eigenvalue weighted by Crippen LogP contribution is 2.48. The molecular formula is C28H23F5N4O4. The zero-order valence-corrected chi connectivity index (χ0v) is 21.6. The third-order valence-electron chi connectivity index (χ3n) is 7.05. The smallest absolute Gasteiger partial charge is 0.424 e. The monoisotopic (exact) mass is 574 g/mol. The average molecular weight is 575 g/mol. The van der Waals surface area contributed by atoms with E-state index in [0.717, 1.165) is 35.4 Å².